The Bertz CT molecular complexity index is 348. The van der Waals surface area contributed by atoms with E-state index in [1.54, 1.807) is 7.05 Å². The minimum Gasteiger partial charge on any atom is -0.480 e. The first-order valence-electron chi connectivity index (χ1n) is 6.49. The lowest BCUT2D eigenvalue weighted by Crippen LogP contribution is -2.60. The summed E-state index contributed by atoms with van der Waals surface area (Å²) in [6, 6.07) is -0.342. The van der Waals surface area contributed by atoms with E-state index < -0.39 is 11.5 Å². The number of hydrogen-bond acceptors (Lipinski definition) is 4. The molecule has 0 bridgehead atoms. The van der Waals surface area contributed by atoms with Gasteiger partial charge in [-0.05, 0) is 6.42 Å². The fraction of sp³-hybridized carbons (Fsp3) is 0.833. The fourth-order valence-electron chi connectivity index (χ4n) is 2.40. The average Bonchev–Trinajstić information content (AvgIpc) is 2.92. The fourth-order valence-corrected chi connectivity index (χ4v) is 2.40. The second kappa shape index (κ2) is 5.75. The Morgan fingerprint density at radius 3 is 2.47 bits per heavy atom. The van der Waals surface area contributed by atoms with Gasteiger partial charge in [0.1, 0.15) is 5.54 Å². The smallest absolute Gasteiger partial charge is 0.329 e. The number of urea groups is 1. The zero-order valence-electron chi connectivity index (χ0n) is 11.1. The van der Waals surface area contributed by atoms with E-state index in [-0.39, 0.29) is 12.1 Å². The lowest BCUT2D eigenvalue weighted by atomic mass is 9.90. The number of carboxylic acid groups (broad SMARTS) is 1. The Labute approximate surface area is 111 Å². The van der Waals surface area contributed by atoms with Crippen LogP contribution < -0.4 is 5.32 Å². The molecule has 0 saturated carbocycles. The molecule has 108 valence electrons. The molecule has 7 nitrogen and oxygen atoms in total. The van der Waals surface area contributed by atoms with Crippen LogP contribution >= 0.6 is 0 Å². The second-order valence-electron chi connectivity index (χ2n) is 5.06. The summed E-state index contributed by atoms with van der Waals surface area (Å²) in [6.07, 6.45) is 1.37. The van der Waals surface area contributed by atoms with Gasteiger partial charge in [0, 0.05) is 39.7 Å². The minimum absolute atomic E-state index is 0.0192. The monoisotopic (exact) mass is 272 g/mol. The second-order valence-corrected chi connectivity index (χ2v) is 5.06. The molecule has 2 saturated heterocycles. The van der Waals surface area contributed by atoms with Gasteiger partial charge in [0.15, 0.2) is 0 Å². The van der Waals surface area contributed by atoms with Gasteiger partial charge < -0.3 is 24.8 Å². The van der Waals surface area contributed by atoms with E-state index in [0.29, 0.717) is 39.3 Å². The minimum atomic E-state index is -1.21. The Kier molecular flexibility index (Phi) is 4.26. The highest BCUT2D eigenvalue weighted by atomic mass is 16.5. The maximum Gasteiger partial charge on any atom is 0.329 e. The number of likely N-dealkylation sites (N-methyl/N-ethyl adjacent to an activating group) is 1. The van der Waals surface area contributed by atoms with Crippen LogP contribution in [0, 0.1) is 0 Å². The van der Waals surface area contributed by atoms with Crippen molar-refractivity contribution in [2.75, 3.05) is 33.5 Å². The third kappa shape index (κ3) is 2.98. The predicted molar refractivity (Wildman–Crippen MR) is 65.9 cm³/mol. The van der Waals surface area contributed by atoms with Crippen molar-refractivity contribution in [3.05, 3.63) is 0 Å². The molecule has 2 heterocycles. The van der Waals surface area contributed by atoms with Gasteiger partial charge in [-0.1, -0.05) is 0 Å². The lowest BCUT2D eigenvalue weighted by molar-refractivity contribution is -0.148. The molecule has 0 aliphatic carbocycles. The molecule has 2 aliphatic rings. The highest BCUT2D eigenvalue weighted by Crippen LogP contribution is 2.22. The summed E-state index contributed by atoms with van der Waals surface area (Å²) in [5, 5.41) is 12.0. The molecular weight excluding hydrogens is 252 g/mol. The molecule has 2 N–H and O–H groups in total. The molecule has 2 rings (SSSR count). The van der Waals surface area contributed by atoms with Crippen molar-refractivity contribution in [3.8, 4) is 0 Å². The maximum atomic E-state index is 12.2. The highest BCUT2D eigenvalue weighted by Gasteiger charge is 2.42. The van der Waals surface area contributed by atoms with Gasteiger partial charge in [-0.25, -0.2) is 9.59 Å². The summed E-state index contributed by atoms with van der Waals surface area (Å²) >= 11 is 0. The molecule has 0 spiro atoms. The Morgan fingerprint density at radius 1 is 1.26 bits per heavy atom. The van der Waals surface area contributed by atoms with Gasteiger partial charge in [-0.3, -0.25) is 0 Å². The first-order valence-corrected chi connectivity index (χ1v) is 6.49. The predicted octanol–water partition coefficient (Wildman–Crippen LogP) is 0.0505. The van der Waals surface area contributed by atoms with E-state index >= 15 is 0 Å². The van der Waals surface area contributed by atoms with Gasteiger partial charge in [-0.15, -0.1) is 0 Å². The molecule has 0 aromatic rings. The topological polar surface area (TPSA) is 88.1 Å². The van der Waals surface area contributed by atoms with Crippen LogP contribution in [0.5, 0.6) is 0 Å². The quantitative estimate of drug-likeness (QED) is 0.758. The number of nitrogens with zero attached hydrogens (tertiary/aromatic N) is 1. The molecular formula is C12H20N2O5. The molecule has 2 fully saturated rings. The van der Waals surface area contributed by atoms with E-state index in [1.807, 2.05) is 0 Å². The molecule has 1 atom stereocenters. The van der Waals surface area contributed by atoms with Crippen molar-refractivity contribution in [2.24, 2.45) is 0 Å². The van der Waals surface area contributed by atoms with Gasteiger partial charge >= 0.3 is 12.0 Å². The Balaban J connectivity index is 2.00. The Morgan fingerprint density at radius 2 is 1.95 bits per heavy atom. The van der Waals surface area contributed by atoms with Crippen LogP contribution in [0.2, 0.25) is 0 Å². The summed E-state index contributed by atoms with van der Waals surface area (Å²) in [5.41, 5.74) is -1.21. The van der Waals surface area contributed by atoms with Crippen molar-refractivity contribution in [2.45, 2.75) is 30.8 Å². The lowest BCUT2D eigenvalue weighted by Gasteiger charge is -2.36. The largest absolute Gasteiger partial charge is 0.480 e. The highest BCUT2D eigenvalue weighted by molar-refractivity contribution is 5.86. The molecule has 2 aliphatic heterocycles. The van der Waals surface area contributed by atoms with Crippen LogP contribution in [-0.2, 0) is 14.3 Å². The normalized spacial score (nSPS) is 25.8. The first kappa shape index (κ1) is 14.1. The number of carbonyl (C=O) groups excluding carboxylic acids is 1. The van der Waals surface area contributed by atoms with Crippen LogP contribution in [0.3, 0.4) is 0 Å². The average molecular weight is 272 g/mol. The summed E-state index contributed by atoms with van der Waals surface area (Å²) in [4.78, 5) is 25.1. The Hall–Kier alpha value is -1.34. The number of nitrogens with one attached hydrogen (secondary N) is 1. The van der Waals surface area contributed by atoms with Crippen molar-refractivity contribution < 1.29 is 24.2 Å². The molecule has 2 amide bonds. The van der Waals surface area contributed by atoms with Crippen LogP contribution in [0.1, 0.15) is 19.3 Å². The van der Waals surface area contributed by atoms with Crippen molar-refractivity contribution >= 4 is 12.0 Å². The molecule has 0 aromatic heterocycles. The summed E-state index contributed by atoms with van der Waals surface area (Å²) in [7, 11) is 1.67. The number of aliphatic carboxylic acids is 1. The number of ether oxygens (including phenoxy) is 2. The number of amides is 2. The van der Waals surface area contributed by atoms with Crippen molar-refractivity contribution in [3.63, 3.8) is 0 Å². The van der Waals surface area contributed by atoms with E-state index in [1.165, 1.54) is 4.90 Å². The SMILES string of the molecule is CN(C(=O)NC1(C(=O)O)CCOCC1)C1CCOC1. The van der Waals surface area contributed by atoms with Crippen molar-refractivity contribution in [1.29, 1.82) is 0 Å². The van der Waals surface area contributed by atoms with E-state index in [2.05, 4.69) is 5.32 Å². The van der Waals surface area contributed by atoms with Gasteiger partial charge in [0.25, 0.3) is 0 Å². The maximum absolute atomic E-state index is 12.2. The molecule has 0 aromatic carbocycles. The van der Waals surface area contributed by atoms with E-state index in [4.69, 9.17) is 9.47 Å². The van der Waals surface area contributed by atoms with Crippen LogP contribution in [0.4, 0.5) is 4.79 Å². The van der Waals surface area contributed by atoms with Gasteiger partial charge in [0.05, 0.1) is 12.6 Å². The van der Waals surface area contributed by atoms with Crippen LogP contribution in [-0.4, -0.2) is 67.1 Å². The number of hydrogen-bond donors (Lipinski definition) is 2. The number of carboxylic acids is 1. The zero-order chi connectivity index (χ0) is 13.9. The zero-order valence-corrected chi connectivity index (χ0v) is 11.1. The standard InChI is InChI=1S/C12H20N2O5/c1-14(9-2-5-19-8-9)11(17)13-12(10(15)16)3-6-18-7-4-12/h9H,2-8H2,1H3,(H,13,17)(H,15,16). The van der Waals surface area contributed by atoms with Crippen LogP contribution in [0.15, 0.2) is 0 Å². The van der Waals surface area contributed by atoms with Gasteiger partial charge in [-0.2, -0.15) is 0 Å². The first-order chi connectivity index (χ1) is 9.05. The van der Waals surface area contributed by atoms with Crippen LogP contribution in [0.25, 0.3) is 0 Å². The summed E-state index contributed by atoms with van der Waals surface area (Å²) in [6.45, 7) is 1.85. The molecule has 7 heteroatoms. The molecule has 19 heavy (non-hydrogen) atoms. The third-order valence-corrected chi connectivity index (χ3v) is 3.88. The summed E-state index contributed by atoms with van der Waals surface area (Å²) < 4.78 is 10.4. The molecule has 1 unspecified atom stereocenters. The van der Waals surface area contributed by atoms with E-state index in [9.17, 15) is 14.7 Å². The van der Waals surface area contributed by atoms with Crippen molar-refractivity contribution in [1.82, 2.24) is 10.2 Å². The molecule has 0 radical (unpaired) electrons. The number of rotatable bonds is 3. The third-order valence-electron chi connectivity index (χ3n) is 3.88. The summed E-state index contributed by atoms with van der Waals surface area (Å²) in [5.74, 6) is -1.000. The van der Waals surface area contributed by atoms with Gasteiger partial charge in [0.2, 0.25) is 0 Å². The number of carbonyl (C=O) groups is 2. The van der Waals surface area contributed by atoms with E-state index in [0.717, 1.165) is 6.42 Å².